The molecule has 0 bridgehead atoms. The van der Waals surface area contributed by atoms with Crippen LogP contribution >= 0.6 is 0 Å². The van der Waals surface area contributed by atoms with Crippen molar-refractivity contribution in [1.29, 1.82) is 0 Å². The van der Waals surface area contributed by atoms with Crippen molar-refractivity contribution in [3.8, 4) is 11.5 Å². The lowest BCUT2D eigenvalue weighted by molar-refractivity contribution is -0.136. The molecule has 6 nitrogen and oxygen atoms in total. The first-order valence-electron chi connectivity index (χ1n) is 11.7. The van der Waals surface area contributed by atoms with E-state index >= 15 is 0 Å². The second-order valence-electron chi connectivity index (χ2n) is 9.31. The molecule has 2 aromatic carbocycles. The monoisotopic (exact) mass is 454 g/mol. The zero-order valence-corrected chi connectivity index (χ0v) is 20.6. The minimum Gasteiger partial charge on any atom is -0.497 e. The Labute approximate surface area is 198 Å². The molecule has 2 atom stereocenters. The molecule has 6 heteroatoms. The fraction of sp³-hybridized carbons (Fsp3) is 0.519. The zero-order chi connectivity index (χ0) is 23.8. The molecule has 1 saturated heterocycles. The molecule has 0 aliphatic carbocycles. The largest absolute Gasteiger partial charge is 0.497 e. The SMILES string of the molecule is COCC(=O)N(CC(C)C)CC1CN(Cc2cccc(OC)c2)CC1c1cccc(OC)c1. The van der Waals surface area contributed by atoms with Crippen LogP contribution in [0.5, 0.6) is 11.5 Å². The van der Waals surface area contributed by atoms with Crippen LogP contribution in [0.25, 0.3) is 0 Å². The number of carbonyl (C=O) groups excluding carboxylic acids is 1. The van der Waals surface area contributed by atoms with E-state index in [1.807, 2.05) is 23.1 Å². The second-order valence-corrected chi connectivity index (χ2v) is 9.31. The first-order chi connectivity index (χ1) is 15.9. The summed E-state index contributed by atoms with van der Waals surface area (Å²) >= 11 is 0. The molecule has 0 saturated carbocycles. The third-order valence-corrected chi connectivity index (χ3v) is 6.24. The van der Waals surface area contributed by atoms with Gasteiger partial charge in [-0.2, -0.15) is 0 Å². The van der Waals surface area contributed by atoms with Crippen molar-refractivity contribution < 1.29 is 19.0 Å². The summed E-state index contributed by atoms with van der Waals surface area (Å²) in [5.74, 6) is 2.84. The van der Waals surface area contributed by atoms with Gasteiger partial charge in [0.1, 0.15) is 18.1 Å². The van der Waals surface area contributed by atoms with Gasteiger partial charge in [0.2, 0.25) is 5.91 Å². The minimum atomic E-state index is 0.0573. The van der Waals surface area contributed by atoms with Gasteiger partial charge in [-0.25, -0.2) is 0 Å². The number of amides is 1. The molecular formula is C27H38N2O4. The summed E-state index contributed by atoms with van der Waals surface area (Å²) in [4.78, 5) is 17.3. The number of likely N-dealkylation sites (tertiary alicyclic amines) is 1. The summed E-state index contributed by atoms with van der Waals surface area (Å²) in [6.45, 7) is 8.58. The fourth-order valence-electron chi connectivity index (χ4n) is 4.77. The van der Waals surface area contributed by atoms with Gasteiger partial charge in [-0.3, -0.25) is 9.69 Å². The normalized spacial score (nSPS) is 18.5. The van der Waals surface area contributed by atoms with Gasteiger partial charge >= 0.3 is 0 Å². The average molecular weight is 455 g/mol. The molecule has 0 N–H and O–H groups in total. The molecular weight excluding hydrogens is 416 g/mol. The zero-order valence-electron chi connectivity index (χ0n) is 20.6. The van der Waals surface area contributed by atoms with Crippen LogP contribution in [0, 0.1) is 11.8 Å². The van der Waals surface area contributed by atoms with E-state index in [0.29, 0.717) is 17.8 Å². The number of rotatable bonds is 11. The van der Waals surface area contributed by atoms with Gasteiger partial charge in [0, 0.05) is 45.8 Å². The number of nitrogens with zero attached hydrogens (tertiary/aromatic N) is 2. The number of hydrogen-bond acceptors (Lipinski definition) is 5. The first kappa shape index (κ1) is 25.1. The summed E-state index contributed by atoms with van der Waals surface area (Å²) in [5, 5.41) is 0. The molecule has 3 rings (SSSR count). The lowest BCUT2D eigenvalue weighted by atomic mass is 9.88. The molecule has 0 spiro atoms. The average Bonchev–Trinajstić information content (AvgIpc) is 3.20. The highest BCUT2D eigenvalue weighted by molar-refractivity contribution is 5.77. The number of carbonyl (C=O) groups is 1. The van der Waals surface area contributed by atoms with Crippen LogP contribution in [0.15, 0.2) is 48.5 Å². The molecule has 1 aliphatic heterocycles. The van der Waals surface area contributed by atoms with Crippen molar-refractivity contribution in [2.45, 2.75) is 26.3 Å². The molecule has 1 fully saturated rings. The van der Waals surface area contributed by atoms with Gasteiger partial charge in [0.05, 0.1) is 14.2 Å². The van der Waals surface area contributed by atoms with Crippen molar-refractivity contribution in [3.05, 3.63) is 59.7 Å². The van der Waals surface area contributed by atoms with Gasteiger partial charge in [0.15, 0.2) is 0 Å². The predicted molar refractivity (Wildman–Crippen MR) is 131 cm³/mol. The van der Waals surface area contributed by atoms with Gasteiger partial charge in [0.25, 0.3) is 0 Å². The van der Waals surface area contributed by atoms with E-state index in [9.17, 15) is 4.79 Å². The fourth-order valence-corrected chi connectivity index (χ4v) is 4.77. The van der Waals surface area contributed by atoms with Crippen LogP contribution in [0.2, 0.25) is 0 Å². The topological polar surface area (TPSA) is 51.2 Å². The van der Waals surface area contributed by atoms with Gasteiger partial charge in [-0.05, 0) is 47.2 Å². The molecule has 1 amide bonds. The van der Waals surface area contributed by atoms with Crippen LogP contribution in [0.1, 0.15) is 30.9 Å². The maximum Gasteiger partial charge on any atom is 0.248 e. The highest BCUT2D eigenvalue weighted by atomic mass is 16.5. The summed E-state index contributed by atoms with van der Waals surface area (Å²) < 4.78 is 16.1. The van der Waals surface area contributed by atoms with E-state index in [0.717, 1.165) is 44.2 Å². The Morgan fingerprint density at radius 1 is 1.03 bits per heavy atom. The first-order valence-corrected chi connectivity index (χ1v) is 11.7. The molecule has 2 aromatic rings. The Bertz CT molecular complexity index is 901. The summed E-state index contributed by atoms with van der Waals surface area (Å²) in [7, 11) is 4.98. The molecule has 33 heavy (non-hydrogen) atoms. The molecule has 180 valence electrons. The Balaban J connectivity index is 1.83. The van der Waals surface area contributed by atoms with E-state index < -0.39 is 0 Å². The summed E-state index contributed by atoms with van der Waals surface area (Å²) in [5.41, 5.74) is 2.49. The molecule has 0 aromatic heterocycles. The lowest BCUT2D eigenvalue weighted by Gasteiger charge is -2.30. The van der Waals surface area contributed by atoms with E-state index in [4.69, 9.17) is 14.2 Å². The van der Waals surface area contributed by atoms with Crippen molar-refractivity contribution in [2.75, 3.05) is 54.1 Å². The van der Waals surface area contributed by atoms with Crippen molar-refractivity contribution in [3.63, 3.8) is 0 Å². The van der Waals surface area contributed by atoms with E-state index in [-0.39, 0.29) is 12.5 Å². The van der Waals surface area contributed by atoms with Crippen molar-refractivity contribution in [2.24, 2.45) is 11.8 Å². The number of methoxy groups -OCH3 is 3. The van der Waals surface area contributed by atoms with E-state index in [2.05, 4.69) is 49.1 Å². The van der Waals surface area contributed by atoms with E-state index in [1.165, 1.54) is 11.1 Å². The summed E-state index contributed by atoms with van der Waals surface area (Å²) in [6, 6.07) is 16.6. The van der Waals surface area contributed by atoms with Crippen molar-refractivity contribution in [1.82, 2.24) is 9.80 Å². The lowest BCUT2D eigenvalue weighted by Crippen LogP contribution is -2.41. The van der Waals surface area contributed by atoms with Gasteiger partial charge in [-0.15, -0.1) is 0 Å². The van der Waals surface area contributed by atoms with E-state index in [1.54, 1.807) is 21.3 Å². The molecule has 0 radical (unpaired) electrons. The van der Waals surface area contributed by atoms with Crippen LogP contribution in [0.4, 0.5) is 0 Å². The molecule has 2 unspecified atom stereocenters. The third kappa shape index (κ3) is 6.95. The maximum atomic E-state index is 12.8. The highest BCUT2D eigenvalue weighted by Gasteiger charge is 2.36. The smallest absolute Gasteiger partial charge is 0.248 e. The van der Waals surface area contributed by atoms with Crippen LogP contribution in [-0.4, -0.2) is 69.8 Å². The summed E-state index contributed by atoms with van der Waals surface area (Å²) in [6.07, 6.45) is 0. The van der Waals surface area contributed by atoms with Crippen LogP contribution in [0.3, 0.4) is 0 Å². The van der Waals surface area contributed by atoms with Crippen LogP contribution < -0.4 is 9.47 Å². The minimum absolute atomic E-state index is 0.0573. The van der Waals surface area contributed by atoms with Crippen molar-refractivity contribution >= 4 is 5.91 Å². The second kappa shape index (κ2) is 12.1. The standard InChI is InChI=1S/C27H38N2O4/c1-20(2)14-29(27(30)19-31-3)17-23-16-28(15-21-8-6-10-24(12-21)32-4)18-26(23)22-9-7-11-25(13-22)33-5/h6-13,20,23,26H,14-19H2,1-5H3. The molecule has 1 heterocycles. The highest BCUT2D eigenvalue weighted by Crippen LogP contribution is 2.36. The predicted octanol–water partition coefficient (Wildman–Crippen LogP) is 4.05. The number of benzene rings is 2. The van der Waals surface area contributed by atoms with Crippen LogP contribution in [-0.2, 0) is 16.1 Å². The Kier molecular flexibility index (Phi) is 9.15. The molecule has 1 aliphatic rings. The van der Waals surface area contributed by atoms with Gasteiger partial charge < -0.3 is 19.1 Å². The maximum absolute atomic E-state index is 12.8. The third-order valence-electron chi connectivity index (χ3n) is 6.24. The number of ether oxygens (including phenoxy) is 3. The Morgan fingerprint density at radius 3 is 2.39 bits per heavy atom. The Morgan fingerprint density at radius 2 is 1.73 bits per heavy atom. The quantitative estimate of drug-likeness (QED) is 0.513. The number of hydrogen-bond donors (Lipinski definition) is 0. The Hall–Kier alpha value is -2.57. The van der Waals surface area contributed by atoms with Gasteiger partial charge in [-0.1, -0.05) is 38.1 Å².